The topological polar surface area (TPSA) is 110 Å². The molecule has 0 saturated carbocycles. The molecule has 11 heteroatoms. The summed E-state index contributed by atoms with van der Waals surface area (Å²) < 4.78 is 25.0. The first-order valence-corrected chi connectivity index (χ1v) is 12.6. The van der Waals surface area contributed by atoms with Crippen molar-refractivity contribution in [2.45, 2.75) is 31.9 Å². The van der Waals surface area contributed by atoms with Crippen molar-refractivity contribution < 1.29 is 18.6 Å². The van der Waals surface area contributed by atoms with E-state index in [4.69, 9.17) is 29.3 Å². The van der Waals surface area contributed by atoms with Crippen molar-refractivity contribution in [1.82, 2.24) is 19.6 Å². The maximum atomic E-state index is 6.59. The Kier molecular flexibility index (Phi) is 5.29. The second kappa shape index (κ2) is 8.35. The number of nitrogens with zero attached hydrogens (tertiary/aromatic N) is 4. The minimum atomic E-state index is -0.421. The van der Waals surface area contributed by atoms with Crippen LogP contribution in [0.3, 0.4) is 0 Å². The first kappa shape index (κ1) is 21.5. The van der Waals surface area contributed by atoms with Crippen molar-refractivity contribution in [3.63, 3.8) is 0 Å². The number of methoxy groups -OCH3 is 1. The van der Waals surface area contributed by atoms with Crippen LogP contribution < -0.4 is 15.2 Å². The van der Waals surface area contributed by atoms with Gasteiger partial charge in [-0.2, -0.15) is 5.10 Å². The molecular formula is C23H23N5O4S2. The van der Waals surface area contributed by atoms with Crippen LogP contribution in [-0.2, 0) is 16.9 Å². The van der Waals surface area contributed by atoms with Crippen LogP contribution in [0.2, 0.25) is 0 Å². The summed E-state index contributed by atoms with van der Waals surface area (Å²) in [7, 11) is 1.62. The highest BCUT2D eigenvalue weighted by Crippen LogP contribution is 2.38. The molecule has 34 heavy (non-hydrogen) atoms. The Hall–Kier alpha value is -2.99. The lowest BCUT2D eigenvalue weighted by Crippen LogP contribution is -2.42. The Morgan fingerprint density at radius 3 is 2.85 bits per heavy atom. The number of thiazole rings is 1. The molecule has 0 amide bonds. The van der Waals surface area contributed by atoms with Gasteiger partial charge in [0.1, 0.15) is 39.4 Å². The Morgan fingerprint density at radius 2 is 2.06 bits per heavy atom. The molecule has 1 aromatic carbocycles. The second-order valence-corrected chi connectivity index (χ2v) is 10.3. The van der Waals surface area contributed by atoms with Crippen LogP contribution in [0.5, 0.6) is 11.5 Å². The first-order valence-electron chi connectivity index (χ1n) is 10.9. The van der Waals surface area contributed by atoms with Crippen LogP contribution in [0.1, 0.15) is 28.6 Å². The molecule has 9 nitrogen and oxygen atoms in total. The molecule has 0 spiro atoms. The molecule has 5 heterocycles. The molecule has 6 rings (SSSR count). The van der Waals surface area contributed by atoms with Gasteiger partial charge < -0.3 is 24.4 Å². The number of fused-ring (bicyclic) bond motifs is 2. The summed E-state index contributed by atoms with van der Waals surface area (Å²) in [6.07, 6.45) is 3.41. The SMILES string of the molecule is COc1cc(OCc2csc(C3(N)CCOCC3)n2)c2cc(-c3cn4nc(C)sc4n3)oc2c1. The van der Waals surface area contributed by atoms with E-state index in [-0.39, 0.29) is 0 Å². The monoisotopic (exact) mass is 497 g/mol. The molecule has 4 aromatic heterocycles. The summed E-state index contributed by atoms with van der Waals surface area (Å²) in [5.41, 5.74) is 8.38. The van der Waals surface area contributed by atoms with Crippen molar-refractivity contribution in [2.75, 3.05) is 20.3 Å². The zero-order valence-corrected chi connectivity index (χ0v) is 20.4. The zero-order chi connectivity index (χ0) is 23.3. The van der Waals surface area contributed by atoms with Gasteiger partial charge in [-0.25, -0.2) is 14.5 Å². The summed E-state index contributed by atoms with van der Waals surface area (Å²) in [6, 6.07) is 5.64. The molecule has 1 fully saturated rings. The van der Waals surface area contributed by atoms with Gasteiger partial charge in [0.25, 0.3) is 0 Å². The highest BCUT2D eigenvalue weighted by Gasteiger charge is 2.33. The minimum Gasteiger partial charge on any atom is -0.496 e. The first-order chi connectivity index (χ1) is 16.5. The molecule has 1 saturated heterocycles. The molecule has 1 aliphatic heterocycles. The number of aromatic nitrogens is 4. The van der Waals surface area contributed by atoms with E-state index in [1.165, 1.54) is 11.3 Å². The number of ether oxygens (including phenoxy) is 3. The Labute approximate surface area is 203 Å². The predicted octanol–water partition coefficient (Wildman–Crippen LogP) is 4.52. The van der Waals surface area contributed by atoms with Gasteiger partial charge in [-0.05, 0) is 25.8 Å². The highest BCUT2D eigenvalue weighted by molar-refractivity contribution is 7.16. The normalized spacial score (nSPS) is 15.9. The van der Waals surface area contributed by atoms with Gasteiger partial charge in [-0.1, -0.05) is 11.3 Å². The fourth-order valence-corrected chi connectivity index (χ4v) is 5.77. The lowest BCUT2D eigenvalue weighted by atomic mass is 9.92. The molecule has 2 N–H and O–H groups in total. The van der Waals surface area contributed by atoms with Gasteiger partial charge in [0.2, 0.25) is 4.96 Å². The Balaban J connectivity index is 1.28. The van der Waals surface area contributed by atoms with Crippen LogP contribution in [0.15, 0.2) is 34.2 Å². The Morgan fingerprint density at radius 1 is 1.21 bits per heavy atom. The molecule has 176 valence electrons. The summed E-state index contributed by atoms with van der Waals surface area (Å²) in [6.45, 7) is 3.60. The van der Waals surface area contributed by atoms with Crippen LogP contribution in [0, 0.1) is 6.92 Å². The van der Waals surface area contributed by atoms with Crippen LogP contribution in [0.25, 0.3) is 27.4 Å². The predicted molar refractivity (Wildman–Crippen MR) is 130 cm³/mol. The van der Waals surface area contributed by atoms with E-state index in [0.717, 1.165) is 38.9 Å². The maximum Gasteiger partial charge on any atom is 0.212 e. The largest absolute Gasteiger partial charge is 0.496 e. The fraction of sp³-hybridized carbons (Fsp3) is 0.348. The number of imidazole rings is 1. The quantitative estimate of drug-likeness (QED) is 0.365. The van der Waals surface area contributed by atoms with Gasteiger partial charge in [0, 0.05) is 30.7 Å². The highest BCUT2D eigenvalue weighted by atomic mass is 32.1. The molecule has 0 bridgehead atoms. The third-order valence-corrected chi connectivity index (χ3v) is 7.89. The number of hydrogen-bond donors (Lipinski definition) is 1. The summed E-state index contributed by atoms with van der Waals surface area (Å²) in [5.74, 6) is 1.94. The molecular weight excluding hydrogens is 474 g/mol. The number of rotatable bonds is 6. The summed E-state index contributed by atoms with van der Waals surface area (Å²) in [5, 5.41) is 9.16. The number of aryl methyl sites for hydroxylation is 1. The van der Waals surface area contributed by atoms with Gasteiger partial charge in [0.05, 0.1) is 29.9 Å². The Bertz CT molecular complexity index is 1450. The fourth-order valence-electron chi connectivity index (χ4n) is 4.07. The van der Waals surface area contributed by atoms with Crippen LogP contribution in [0.4, 0.5) is 0 Å². The van der Waals surface area contributed by atoms with E-state index in [1.54, 1.807) is 23.0 Å². The lowest BCUT2D eigenvalue weighted by molar-refractivity contribution is 0.0521. The van der Waals surface area contributed by atoms with Crippen molar-refractivity contribution in [1.29, 1.82) is 0 Å². The number of nitrogens with two attached hydrogens (primary N) is 1. The van der Waals surface area contributed by atoms with Crippen LogP contribution in [-0.4, -0.2) is 39.9 Å². The van der Waals surface area contributed by atoms with Crippen LogP contribution >= 0.6 is 22.7 Å². The second-order valence-electron chi connectivity index (χ2n) is 8.32. The van der Waals surface area contributed by atoms with E-state index < -0.39 is 5.54 Å². The van der Waals surface area contributed by atoms with E-state index >= 15 is 0 Å². The van der Waals surface area contributed by atoms with Crippen molar-refractivity contribution in [3.05, 3.63) is 45.5 Å². The lowest BCUT2D eigenvalue weighted by Gasteiger charge is -2.31. The van der Waals surface area contributed by atoms with Gasteiger partial charge in [-0.15, -0.1) is 11.3 Å². The average molecular weight is 498 g/mol. The van der Waals surface area contributed by atoms with E-state index in [2.05, 4.69) is 10.1 Å². The summed E-state index contributed by atoms with van der Waals surface area (Å²) in [4.78, 5) is 10.2. The summed E-state index contributed by atoms with van der Waals surface area (Å²) >= 11 is 3.11. The smallest absolute Gasteiger partial charge is 0.212 e. The van der Waals surface area contributed by atoms with Gasteiger partial charge in [0.15, 0.2) is 5.76 Å². The number of furan rings is 1. The van der Waals surface area contributed by atoms with Crippen molar-refractivity contribution >= 4 is 38.6 Å². The third kappa shape index (κ3) is 3.84. The number of benzene rings is 1. The van der Waals surface area contributed by atoms with Gasteiger partial charge in [-0.3, -0.25) is 0 Å². The molecule has 0 aliphatic carbocycles. The average Bonchev–Trinajstić information content (AvgIpc) is 3.60. The zero-order valence-electron chi connectivity index (χ0n) is 18.7. The molecule has 0 atom stereocenters. The van der Waals surface area contributed by atoms with Gasteiger partial charge >= 0.3 is 0 Å². The third-order valence-electron chi connectivity index (χ3n) is 5.94. The molecule has 0 unspecified atom stereocenters. The maximum absolute atomic E-state index is 6.59. The van der Waals surface area contributed by atoms with Crippen molar-refractivity contribution in [3.8, 4) is 23.0 Å². The molecule has 0 radical (unpaired) electrons. The van der Waals surface area contributed by atoms with Crippen molar-refractivity contribution in [2.24, 2.45) is 5.73 Å². The van der Waals surface area contributed by atoms with E-state index in [1.807, 2.05) is 36.7 Å². The van der Waals surface area contributed by atoms with E-state index in [9.17, 15) is 0 Å². The standard InChI is InChI=1S/C23H23N5O4S2/c1-13-27-28-10-17(26-22(28)34-13)20-9-16-18(7-15(29-2)8-19(16)32-20)31-11-14-12-33-21(25-14)23(24)3-5-30-6-4-23/h7-10,12H,3-6,11,24H2,1-2H3. The minimum absolute atomic E-state index is 0.315. The molecule has 5 aromatic rings. The molecule has 1 aliphatic rings. The van der Waals surface area contributed by atoms with E-state index in [0.29, 0.717) is 48.4 Å². The number of hydrogen-bond acceptors (Lipinski definition) is 10.